The molecule has 0 spiro atoms. The molecule has 0 aliphatic carbocycles. The molecule has 1 fully saturated rings. The Morgan fingerprint density at radius 3 is 2.56 bits per heavy atom. The normalized spacial score (nSPS) is 13.8. The number of aromatic nitrogens is 2. The number of morpholine rings is 1. The molecular weight excluding hydrogens is 568 g/mol. The zero-order valence-electron chi connectivity index (χ0n) is 26.4. The number of nitrogen functional groups attached to an aromatic ring is 1. The van der Waals surface area contributed by atoms with E-state index in [1.165, 1.54) is 0 Å². The first-order valence-corrected chi connectivity index (χ1v) is 15.3. The fourth-order valence-electron chi connectivity index (χ4n) is 5.15. The summed E-state index contributed by atoms with van der Waals surface area (Å²) in [6.45, 7) is 13.2. The summed E-state index contributed by atoms with van der Waals surface area (Å²) < 4.78 is 11.3. The van der Waals surface area contributed by atoms with E-state index >= 15 is 0 Å². The number of rotatable bonds is 10. The number of anilines is 3. The van der Waals surface area contributed by atoms with Crippen LogP contribution in [0.3, 0.4) is 0 Å². The molecule has 5 N–H and O–H groups in total. The molecule has 0 saturated carbocycles. The Morgan fingerprint density at radius 2 is 1.84 bits per heavy atom. The summed E-state index contributed by atoms with van der Waals surface area (Å²) in [6, 6.07) is 18.8. The third-order valence-electron chi connectivity index (χ3n) is 7.97. The van der Waals surface area contributed by atoms with Crippen LogP contribution in [0.5, 0.6) is 5.75 Å². The Kier molecular flexibility index (Phi) is 9.85. The molecule has 1 aliphatic rings. The van der Waals surface area contributed by atoms with Gasteiger partial charge in [-0.1, -0.05) is 45.0 Å². The van der Waals surface area contributed by atoms with Gasteiger partial charge in [-0.25, -0.2) is 4.98 Å². The van der Waals surface area contributed by atoms with Gasteiger partial charge in [-0.2, -0.15) is 0 Å². The van der Waals surface area contributed by atoms with Gasteiger partial charge in [-0.15, -0.1) is 0 Å². The molecule has 10 nitrogen and oxygen atoms in total. The van der Waals surface area contributed by atoms with Gasteiger partial charge in [-0.3, -0.25) is 14.5 Å². The first kappa shape index (κ1) is 31.7. The number of benzene rings is 3. The fraction of sp³-hybridized carbons (Fsp3) is 0.343. The van der Waals surface area contributed by atoms with Gasteiger partial charge in [0.2, 0.25) is 0 Å². The molecule has 3 aromatic carbocycles. The van der Waals surface area contributed by atoms with Crippen molar-refractivity contribution in [3.8, 4) is 17.0 Å². The van der Waals surface area contributed by atoms with E-state index in [-0.39, 0.29) is 23.4 Å². The van der Waals surface area contributed by atoms with E-state index in [9.17, 15) is 9.59 Å². The van der Waals surface area contributed by atoms with Crippen molar-refractivity contribution in [3.05, 3.63) is 99.6 Å². The van der Waals surface area contributed by atoms with Gasteiger partial charge < -0.3 is 30.8 Å². The van der Waals surface area contributed by atoms with Gasteiger partial charge in [0, 0.05) is 48.3 Å². The van der Waals surface area contributed by atoms with Gasteiger partial charge >= 0.3 is 0 Å². The van der Waals surface area contributed by atoms with Crippen LogP contribution in [0.15, 0.2) is 71.7 Å². The van der Waals surface area contributed by atoms with E-state index in [1.54, 1.807) is 12.3 Å². The van der Waals surface area contributed by atoms with Crippen molar-refractivity contribution in [3.63, 3.8) is 0 Å². The number of hydrogen-bond acceptors (Lipinski definition) is 8. The topological polar surface area (TPSA) is 135 Å². The van der Waals surface area contributed by atoms with Crippen LogP contribution in [-0.2, 0) is 16.7 Å². The average Bonchev–Trinajstić information content (AvgIpc) is 3.03. The number of aromatic amines is 1. The zero-order chi connectivity index (χ0) is 32.0. The zero-order valence-corrected chi connectivity index (χ0v) is 26.4. The molecule has 5 rings (SSSR count). The van der Waals surface area contributed by atoms with Crippen molar-refractivity contribution < 1.29 is 14.3 Å². The SMILES string of the molecule is Cc1c(NC(=O)c2ccc(C(C)(C)C)cc2)cccc1-c1c[nH]c(=O)c(CNc2ccc(OCCN3CCOCC3)c(N)c2)n1. The van der Waals surface area contributed by atoms with E-state index in [0.717, 1.165) is 55.2 Å². The first-order chi connectivity index (χ1) is 21.6. The molecule has 236 valence electrons. The predicted molar refractivity (Wildman–Crippen MR) is 179 cm³/mol. The standard InChI is InChI=1S/C35H42N6O4/c1-23-27(6-5-7-29(23)40-33(42)24-8-10-25(11-9-24)35(2,3)4)30-21-38-34(43)31(39-30)22-37-26-12-13-32(28(36)20-26)45-19-16-41-14-17-44-18-15-41/h5-13,20-21,37H,14-19,22,36H2,1-4H3,(H,38,43)(H,40,42). The lowest BCUT2D eigenvalue weighted by atomic mass is 9.86. The molecule has 1 saturated heterocycles. The van der Waals surface area contributed by atoms with E-state index in [1.807, 2.05) is 61.5 Å². The third-order valence-corrected chi connectivity index (χ3v) is 7.97. The summed E-state index contributed by atoms with van der Waals surface area (Å²) in [7, 11) is 0. The van der Waals surface area contributed by atoms with Gasteiger partial charge in [0.15, 0.2) is 0 Å². The Balaban J connectivity index is 1.23. The highest BCUT2D eigenvalue weighted by atomic mass is 16.5. The van der Waals surface area contributed by atoms with Crippen molar-refractivity contribution >= 4 is 23.0 Å². The molecule has 1 aromatic heterocycles. The molecule has 1 aliphatic heterocycles. The summed E-state index contributed by atoms with van der Waals surface area (Å²) in [4.78, 5) is 35.5. The number of nitrogens with one attached hydrogen (secondary N) is 3. The first-order valence-electron chi connectivity index (χ1n) is 15.3. The molecule has 0 unspecified atom stereocenters. The van der Waals surface area contributed by atoms with Crippen LogP contribution >= 0.6 is 0 Å². The van der Waals surface area contributed by atoms with Crippen LogP contribution in [0.1, 0.15) is 48.0 Å². The Morgan fingerprint density at radius 1 is 1.09 bits per heavy atom. The van der Waals surface area contributed by atoms with E-state index in [4.69, 9.17) is 15.2 Å². The lowest BCUT2D eigenvalue weighted by Gasteiger charge is -2.26. The van der Waals surface area contributed by atoms with Crippen LogP contribution in [0.25, 0.3) is 11.3 Å². The summed E-state index contributed by atoms with van der Waals surface area (Å²) in [5.41, 5.74) is 12.2. The second kappa shape index (κ2) is 14.0. The van der Waals surface area contributed by atoms with E-state index in [2.05, 4.69) is 46.3 Å². The molecule has 0 radical (unpaired) electrons. The predicted octanol–water partition coefficient (Wildman–Crippen LogP) is 5.20. The Bertz CT molecular complexity index is 1690. The third kappa shape index (κ3) is 8.09. The number of hydrogen-bond donors (Lipinski definition) is 4. The molecule has 0 atom stereocenters. The number of nitrogens with zero attached hydrogens (tertiary/aromatic N) is 2. The summed E-state index contributed by atoms with van der Waals surface area (Å²) in [5.74, 6) is 0.430. The number of ether oxygens (including phenoxy) is 2. The highest BCUT2D eigenvalue weighted by Crippen LogP contribution is 2.29. The largest absolute Gasteiger partial charge is 0.490 e. The fourth-order valence-corrected chi connectivity index (χ4v) is 5.15. The number of nitrogens with two attached hydrogens (primary N) is 1. The lowest BCUT2D eigenvalue weighted by Crippen LogP contribution is -2.38. The summed E-state index contributed by atoms with van der Waals surface area (Å²) >= 11 is 0. The van der Waals surface area contributed by atoms with Gasteiger partial charge in [0.1, 0.15) is 18.1 Å². The smallest absolute Gasteiger partial charge is 0.271 e. The quantitative estimate of drug-likeness (QED) is 0.180. The highest BCUT2D eigenvalue weighted by Gasteiger charge is 2.16. The minimum Gasteiger partial charge on any atom is -0.490 e. The van der Waals surface area contributed by atoms with Crippen molar-refractivity contribution in [1.29, 1.82) is 0 Å². The minimum atomic E-state index is -0.289. The molecular formula is C35H42N6O4. The maximum atomic E-state index is 13.1. The molecule has 10 heteroatoms. The minimum absolute atomic E-state index is 0.00805. The molecule has 45 heavy (non-hydrogen) atoms. The van der Waals surface area contributed by atoms with Gasteiger partial charge in [-0.05, 0) is 59.9 Å². The van der Waals surface area contributed by atoms with Crippen molar-refractivity contribution in [2.24, 2.45) is 0 Å². The van der Waals surface area contributed by atoms with Crippen LogP contribution < -0.4 is 26.7 Å². The molecule has 2 heterocycles. The summed E-state index contributed by atoms with van der Waals surface area (Å²) in [6.07, 6.45) is 1.59. The van der Waals surface area contributed by atoms with Gasteiger partial charge in [0.05, 0.1) is 31.1 Å². The number of carbonyl (C=O) groups is 1. The van der Waals surface area contributed by atoms with Crippen molar-refractivity contribution in [1.82, 2.24) is 14.9 Å². The van der Waals surface area contributed by atoms with Crippen LogP contribution in [0.4, 0.5) is 17.1 Å². The monoisotopic (exact) mass is 610 g/mol. The van der Waals surface area contributed by atoms with Crippen LogP contribution in [0.2, 0.25) is 0 Å². The van der Waals surface area contributed by atoms with Gasteiger partial charge in [0.25, 0.3) is 11.5 Å². The van der Waals surface area contributed by atoms with E-state index in [0.29, 0.717) is 40.7 Å². The number of carbonyl (C=O) groups excluding carboxylic acids is 1. The Hall–Kier alpha value is -4.67. The maximum Gasteiger partial charge on any atom is 0.271 e. The second-order valence-corrected chi connectivity index (χ2v) is 12.2. The van der Waals surface area contributed by atoms with Crippen LogP contribution in [0, 0.1) is 6.92 Å². The second-order valence-electron chi connectivity index (χ2n) is 12.2. The highest BCUT2D eigenvalue weighted by molar-refractivity contribution is 6.05. The molecule has 0 bridgehead atoms. The average molecular weight is 611 g/mol. The molecule has 4 aromatic rings. The number of H-pyrrole nitrogens is 1. The van der Waals surface area contributed by atoms with Crippen LogP contribution in [-0.4, -0.2) is 60.2 Å². The van der Waals surface area contributed by atoms with Crippen molar-refractivity contribution in [2.45, 2.75) is 39.7 Å². The van der Waals surface area contributed by atoms with E-state index < -0.39 is 0 Å². The summed E-state index contributed by atoms with van der Waals surface area (Å²) in [5, 5.41) is 6.27. The maximum absolute atomic E-state index is 13.1. The van der Waals surface area contributed by atoms with Crippen molar-refractivity contribution in [2.75, 3.05) is 55.8 Å². The lowest BCUT2D eigenvalue weighted by molar-refractivity contribution is 0.0323. The molecule has 1 amide bonds. The Labute approximate surface area is 264 Å². The number of amides is 1.